The van der Waals surface area contributed by atoms with Gasteiger partial charge in [-0.15, -0.1) is 0 Å². The summed E-state index contributed by atoms with van der Waals surface area (Å²) in [5, 5.41) is 0. The Hall–Kier alpha value is -2.67. The third kappa shape index (κ3) is 3.94. The fourth-order valence-corrected chi connectivity index (χ4v) is 3.14. The molecule has 0 aromatic heterocycles. The van der Waals surface area contributed by atoms with Crippen LogP contribution in [0.2, 0.25) is 0 Å². The molecule has 134 valence electrons. The minimum absolute atomic E-state index is 0.0984. The molecule has 2 aromatic rings. The lowest BCUT2D eigenvalue weighted by molar-refractivity contribution is -0.126. The fourth-order valence-electron chi connectivity index (χ4n) is 2.88. The minimum atomic E-state index is -0.507. The van der Waals surface area contributed by atoms with Gasteiger partial charge in [0.15, 0.2) is 0 Å². The van der Waals surface area contributed by atoms with E-state index in [-0.39, 0.29) is 18.2 Å². The number of benzene rings is 2. The van der Waals surface area contributed by atoms with Crippen LogP contribution in [-0.4, -0.2) is 24.3 Å². The number of carbonyl (C=O) groups is 3. The van der Waals surface area contributed by atoms with Crippen LogP contribution in [0, 0.1) is 12.8 Å². The summed E-state index contributed by atoms with van der Waals surface area (Å²) >= 11 is 3.30. The molecule has 0 aliphatic carbocycles. The smallest absolute Gasteiger partial charge is 0.269 e. The predicted octanol–water partition coefficient (Wildman–Crippen LogP) is 2.57. The molecule has 2 N–H and O–H groups in total. The van der Waals surface area contributed by atoms with Crippen molar-refractivity contribution >= 4 is 39.3 Å². The summed E-state index contributed by atoms with van der Waals surface area (Å²) in [5.74, 6) is -1.39. The van der Waals surface area contributed by atoms with E-state index >= 15 is 0 Å². The number of nitrogens with one attached hydrogen (secondary N) is 2. The maximum atomic E-state index is 12.3. The summed E-state index contributed by atoms with van der Waals surface area (Å²) in [6.45, 7) is 2.22. The van der Waals surface area contributed by atoms with E-state index in [1.165, 1.54) is 0 Å². The second kappa shape index (κ2) is 7.70. The number of para-hydroxylation sites is 1. The van der Waals surface area contributed by atoms with E-state index < -0.39 is 11.8 Å². The van der Waals surface area contributed by atoms with Crippen molar-refractivity contribution in [3.05, 3.63) is 64.1 Å². The quantitative estimate of drug-likeness (QED) is 0.756. The first-order valence-corrected chi connectivity index (χ1v) is 8.97. The number of hydrazine groups is 1. The van der Waals surface area contributed by atoms with Gasteiger partial charge in [-0.3, -0.25) is 25.2 Å². The first-order valence-electron chi connectivity index (χ1n) is 8.17. The molecule has 1 aliphatic heterocycles. The van der Waals surface area contributed by atoms with E-state index in [1.807, 2.05) is 31.2 Å². The number of nitrogens with zero attached hydrogens (tertiary/aromatic N) is 1. The van der Waals surface area contributed by atoms with E-state index in [9.17, 15) is 14.4 Å². The monoisotopic (exact) mass is 415 g/mol. The van der Waals surface area contributed by atoms with Gasteiger partial charge in [0.05, 0.1) is 5.92 Å². The number of hydrogen-bond acceptors (Lipinski definition) is 3. The Balaban J connectivity index is 1.59. The number of hydrogen-bond donors (Lipinski definition) is 2. The van der Waals surface area contributed by atoms with Crippen LogP contribution in [0.25, 0.3) is 0 Å². The van der Waals surface area contributed by atoms with Crippen molar-refractivity contribution in [1.29, 1.82) is 0 Å². The van der Waals surface area contributed by atoms with E-state index in [1.54, 1.807) is 29.2 Å². The van der Waals surface area contributed by atoms with E-state index in [0.717, 1.165) is 15.7 Å². The van der Waals surface area contributed by atoms with Gasteiger partial charge in [-0.25, -0.2) is 0 Å². The van der Waals surface area contributed by atoms with Crippen LogP contribution in [0.3, 0.4) is 0 Å². The SMILES string of the molecule is Cc1ccccc1N1C[C@@H](C(=O)NNC(=O)c2ccc(Br)cc2)CC1=O. The van der Waals surface area contributed by atoms with Crippen molar-refractivity contribution in [2.45, 2.75) is 13.3 Å². The summed E-state index contributed by atoms with van der Waals surface area (Å²) in [5.41, 5.74) is 7.03. The third-order valence-electron chi connectivity index (χ3n) is 4.31. The molecule has 6 nitrogen and oxygen atoms in total. The Kier molecular flexibility index (Phi) is 5.37. The van der Waals surface area contributed by atoms with Crippen molar-refractivity contribution in [2.75, 3.05) is 11.4 Å². The topological polar surface area (TPSA) is 78.5 Å². The number of rotatable bonds is 3. The average molecular weight is 416 g/mol. The molecule has 1 heterocycles. The van der Waals surface area contributed by atoms with Crippen molar-refractivity contribution in [3.63, 3.8) is 0 Å². The molecule has 0 spiro atoms. The van der Waals surface area contributed by atoms with Crippen LogP contribution in [0.1, 0.15) is 22.3 Å². The standard InChI is InChI=1S/C19H18BrN3O3/c1-12-4-2-3-5-16(12)23-11-14(10-17(23)24)19(26)22-21-18(25)13-6-8-15(20)9-7-13/h2-9,14H,10-11H2,1H3,(H,21,25)(H,22,26)/t14-/m0/s1. The van der Waals surface area contributed by atoms with Crippen LogP contribution < -0.4 is 15.8 Å². The maximum Gasteiger partial charge on any atom is 0.269 e. The zero-order valence-electron chi connectivity index (χ0n) is 14.2. The molecule has 1 atom stereocenters. The Morgan fingerprint density at radius 1 is 1.08 bits per heavy atom. The first-order chi connectivity index (χ1) is 12.5. The lowest BCUT2D eigenvalue weighted by atomic mass is 10.1. The lowest BCUT2D eigenvalue weighted by Gasteiger charge is -2.19. The van der Waals surface area contributed by atoms with Crippen LogP contribution in [0.4, 0.5) is 5.69 Å². The summed E-state index contributed by atoms with van der Waals surface area (Å²) in [6, 6.07) is 14.3. The summed E-state index contributed by atoms with van der Waals surface area (Å²) < 4.78 is 0.860. The zero-order chi connectivity index (χ0) is 18.7. The molecular weight excluding hydrogens is 398 g/mol. The first kappa shape index (κ1) is 18.1. The van der Waals surface area contributed by atoms with Gasteiger partial charge in [0, 0.05) is 28.7 Å². The number of carbonyl (C=O) groups excluding carboxylic acids is 3. The van der Waals surface area contributed by atoms with Crippen LogP contribution >= 0.6 is 15.9 Å². The van der Waals surface area contributed by atoms with E-state index in [2.05, 4.69) is 26.8 Å². The minimum Gasteiger partial charge on any atom is -0.311 e. The summed E-state index contributed by atoms with van der Waals surface area (Å²) in [6.07, 6.45) is 0.119. The molecule has 26 heavy (non-hydrogen) atoms. The molecule has 3 amide bonds. The van der Waals surface area contributed by atoms with Crippen molar-refractivity contribution < 1.29 is 14.4 Å². The Bertz CT molecular complexity index is 851. The van der Waals surface area contributed by atoms with Gasteiger partial charge in [-0.2, -0.15) is 0 Å². The molecule has 1 saturated heterocycles. The van der Waals surface area contributed by atoms with Crippen molar-refractivity contribution in [3.8, 4) is 0 Å². The number of anilines is 1. The van der Waals surface area contributed by atoms with Crippen LogP contribution in [0.15, 0.2) is 53.0 Å². The molecule has 1 fully saturated rings. The molecule has 2 aromatic carbocycles. The number of aryl methyl sites for hydroxylation is 1. The Labute approximate surface area is 159 Å². The van der Waals surface area contributed by atoms with Crippen molar-refractivity contribution in [1.82, 2.24) is 10.9 Å². The molecule has 3 rings (SSSR count). The average Bonchev–Trinajstić information content (AvgIpc) is 3.02. The second-order valence-electron chi connectivity index (χ2n) is 6.14. The van der Waals surface area contributed by atoms with Gasteiger partial charge in [-0.1, -0.05) is 34.1 Å². The van der Waals surface area contributed by atoms with Gasteiger partial charge in [-0.05, 0) is 42.8 Å². The zero-order valence-corrected chi connectivity index (χ0v) is 15.7. The molecule has 0 bridgehead atoms. The molecule has 1 aliphatic rings. The molecule has 0 unspecified atom stereocenters. The molecular formula is C19H18BrN3O3. The Morgan fingerprint density at radius 2 is 1.77 bits per heavy atom. The second-order valence-corrected chi connectivity index (χ2v) is 7.06. The number of halogens is 1. The van der Waals surface area contributed by atoms with Gasteiger partial charge >= 0.3 is 0 Å². The van der Waals surface area contributed by atoms with Gasteiger partial charge in [0.2, 0.25) is 11.8 Å². The highest BCUT2D eigenvalue weighted by Crippen LogP contribution is 2.27. The molecule has 0 radical (unpaired) electrons. The van der Waals surface area contributed by atoms with Gasteiger partial charge < -0.3 is 4.90 Å². The molecule has 7 heteroatoms. The van der Waals surface area contributed by atoms with Gasteiger partial charge in [0.25, 0.3) is 5.91 Å². The highest BCUT2D eigenvalue weighted by molar-refractivity contribution is 9.10. The van der Waals surface area contributed by atoms with Crippen LogP contribution in [0.5, 0.6) is 0 Å². The lowest BCUT2D eigenvalue weighted by Crippen LogP contribution is -2.45. The Morgan fingerprint density at radius 3 is 2.46 bits per heavy atom. The van der Waals surface area contributed by atoms with Crippen molar-refractivity contribution in [2.24, 2.45) is 5.92 Å². The normalized spacial score (nSPS) is 16.5. The summed E-state index contributed by atoms with van der Waals surface area (Å²) in [4.78, 5) is 38.3. The largest absolute Gasteiger partial charge is 0.311 e. The predicted molar refractivity (Wildman–Crippen MR) is 101 cm³/mol. The van der Waals surface area contributed by atoms with Crippen LogP contribution in [-0.2, 0) is 9.59 Å². The van der Waals surface area contributed by atoms with E-state index in [4.69, 9.17) is 0 Å². The number of amides is 3. The third-order valence-corrected chi connectivity index (χ3v) is 4.84. The fraction of sp³-hybridized carbons (Fsp3) is 0.211. The summed E-state index contributed by atoms with van der Waals surface area (Å²) in [7, 11) is 0. The van der Waals surface area contributed by atoms with Gasteiger partial charge in [0.1, 0.15) is 0 Å². The maximum absolute atomic E-state index is 12.3. The highest BCUT2D eigenvalue weighted by Gasteiger charge is 2.35. The highest BCUT2D eigenvalue weighted by atomic mass is 79.9. The van der Waals surface area contributed by atoms with E-state index in [0.29, 0.717) is 12.1 Å². The molecule has 0 saturated carbocycles.